The molecule has 0 spiro atoms. The zero-order chi connectivity index (χ0) is 17.6. The van der Waals surface area contributed by atoms with Crippen molar-refractivity contribution in [3.05, 3.63) is 77.5 Å². The Hall–Kier alpha value is -2.79. The maximum atomic E-state index is 9.78. The molecule has 3 rings (SSSR count). The summed E-state index contributed by atoms with van der Waals surface area (Å²) in [5.74, 6) is 2.44. The van der Waals surface area contributed by atoms with E-state index in [-0.39, 0.29) is 5.75 Å². The van der Waals surface area contributed by atoms with Gasteiger partial charge in [-0.3, -0.25) is 9.88 Å². The number of aromatic nitrogens is 1. The number of hydrogen-bond donors (Lipinski definition) is 1. The summed E-state index contributed by atoms with van der Waals surface area (Å²) in [6.45, 7) is 4.00. The first-order chi connectivity index (χ1) is 12.1. The summed E-state index contributed by atoms with van der Waals surface area (Å²) in [6.07, 6.45) is 1.80. The number of furan rings is 1. The molecule has 1 N–H and O–H groups in total. The van der Waals surface area contributed by atoms with Crippen molar-refractivity contribution in [2.75, 3.05) is 7.11 Å². The maximum Gasteiger partial charge on any atom is 0.160 e. The number of aromatic hydroxyl groups is 1. The van der Waals surface area contributed by atoms with Crippen molar-refractivity contribution < 1.29 is 14.3 Å². The normalized spacial score (nSPS) is 11.0. The largest absolute Gasteiger partial charge is 0.504 e. The summed E-state index contributed by atoms with van der Waals surface area (Å²) in [6, 6.07) is 15.3. The minimum absolute atomic E-state index is 0.143. The van der Waals surface area contributed by atoms with E-state index in [4.69, 9.17) is 9.15 Å². The molecule has 130 valence electrons. The van der Waals surface area contributed by atoms with E-state index >= 15 is 0 Å². The summed E-state index contributed by atoms with van der Waals surface area (Å²) in [5.41, 5.74) is 2.05. The Morgan fingerprint density at radius 3 is 2.64 bits per heavy atom. The smallest absolute Gasteiger partial charge is 0.160 e. The van der Waals surface area contributed by atoms with E-state index in [0.717, 1.165) is 22.8 Å². The Morgan fingerprint density at radius 2 is 1.96 bits per heavy atom. The molecule has 5 nitrogen and oxygen atoms in total. The van der Waals surface area contributed by atoms with Gasteiger partial charge in [0.05, 0.1) is 19.3 Å². The number of ether oxygens (including phenoxy) is 1. The molecule has 2 heterocycles. The highest BCUT2D eigenvalue weighted by Gasteiger charge is 2.13. The monoisotopic (exact) mass is 338 g/mol. The Labute approximate surface area is 147 Å². The first kappa shape index (κ1) is 17.0. The van der Waals surface area contributed by atoms with E-state index in [1.807, 2.05) is 49.4 Å². The molecule has 0 fully saturated rings. The summed E-state index contributed by atoms with van der Waals surface area (Å²) < 4.78 is 10.9. The second-order valence-electron chi connectivity index (χ2n) is 5.98. The van der Waals surface area contributed by atoms with Crippen molar-refractivity contribution in [1.82, 2.24) is 9.88 Å². The van der Waals surface area contributed by atoms with Crippen molar-refractivity contribution in [2.45, 2.75) is 26.6 Å². The zero-order valence-electron chi connectivity index (χ0n) is 14.5. The van der Waals surface area contributed by atoms with Gasteiger partial charge >= 0.3 is 0 Å². The van der Waals surface area contributed by atoms with E-state index in [1.165, 1.54) is 0 Å². The second kappa shape index (κ2) is 7.85. The Morgan fingerprint density at radius 1 is 1.08 bits per heavy atom. The van der Waals surface area contributed by atoms with Crippen LogP contribution in [-0.4, -0.2) is 22.1 Å². The zero-order valence-corrected chi connectivity index (χ0v) is 14.5. The van der Waals surface area contributed by atoms with Gasteiger partial charge in [0, 0.05) is 19.3 Å². The molecule has 1 aromatic carbocycles. The van der Waals surface area contributed by atoms with Gasteiger partial charge in [-0.25, -0.2) is 0 Å². The molecular weight excluding hydrogens is 316 g/mol. The molecule has 2 aromatic heterocycles. The van der Waals surface area contributed by atoms with Crippen LogP contribution in [0.4, 0.5) is 0 Å². The average molecular weight is 338 g/mol. The number of benzene rings is 1. The van der Waals surface area contributed by atoms with Crippen molar-refractivity contribution in [2.24, 2.45) is 0 Å². The summed E-state index contributed by atoms with van der Waals surface area (Å²) in [5, 5.41) is 9.78. The molecule has 0 aliphatic rings. The number of hydrogen-bond acceptors (Lipinski definition) is 5. The third-order valence-electron chi connectivity index (χ3n) is 3.94. The Bertz CT molecular complexity index is 815. The third-order valence-corrected chi connectivity index (χ3v) is 3.94. The average Bonchev–Trinajstić information content (AvgIpc) is 3.02. The minimum Gasteiger partial charge on any atom is -0.504 e. The number of phenols is 1. The van der Waals surface area contributed by atoms with Crippen LogP contribution in [-0.2, 0) is 19.6 Å². The standard InChI is InChI=1S/C20H22N2O3/c1-15-6-8-18(25-15)14-22(13-17-5-3-4-10-21-17)12-16-7-9-19(23)20(11-16)24-2/h3-11,23H,12-14H2,1-2H3. The molecule has 0 aliphatic heterocycles. The van der Waals surface area contributed by atoms with Gasteiger partial charge in [-0.2, -0.15) is 0 Å². The lowest BCUT2D eigenvalue weighted by Gasteiger charge is -2.21. The number of pyridine rings is 1. The van der Waals surface area contributed by atoms with Crippen LogP contribution in [0.2, 0.25) is 0 Å². The topological polar surface area (TPSA) is 58.7 Å². The Kier molecular flexibility index (Phi) is 5.36. The van der Waals surface area contributed by atoms with Crippen LogP contribution in [0.1, 0.15) is 22.8 Å². The lowest BCUT2D eigenvalue weighted by Crippen LogP contribution is -2.22. The van der Waals surface area contributed by atoms with E-state index < -0.39 is 0 Å². The van der Waals surface area contributed by atoms with Crippen LogP contribution in [0.15, 0.2) is 59.1 Å². The molecule has 0 saturated heterocycles. The molecule has 0 radical (unpaired) electrons. The number of aryl methyl sites for hydroxylation is 1. The van der Waals surface area contributed by atoms with Gasteiger partial charge in [-0.1, -0.05) is 12.1 Å². The number of phenolic OH excluding ortho intramolecular Hbond substituents is 1. The lowest BCUT2D eigenvalue weighted by atomic mass is 10.1. The van der Waals surface area contributed by atoms with Crippen LogP contribution in [0, 0.1) is 6.92 Å². The van der Waals surface area contributed by atoms with Gasteiger partial charge < -0.3 is 14.3 Å². The summed E-state index contributed by atoms with van der Waals surface area (Å²) >= 11 is 0. The number of methoxy groups -OCH3 is 1. The summed E-state index contributed by atoms with van der Waals surface area (Å²) in [7, 11) is 1.55. The highest BCUT2D eigenvalue weighted by Crippen LogP contribution is 2.27. The fourth-order valence-corrected chi connectivity index (χ4v) is 2.76. The predicted octanol–water partition coefficient (Wildman–Crippen LogP) is 3.90. The van der Waals surface area contributed by atoms with Crippen LogP contribution in [0.3, 0.4) is 0 Å². The highest BCUT2D eigenvalue weighted by molar-refractivity contribution is 5.41. The molecular formula is C20H22N2O3. The van der Waals surface area contributed by atoms with Crippen molar-refractivity contribution in [3.8, 4) is 11.5 Å². The maximum absolute atomic E-state index is 9.78. The lowest BCUT2D eigenvalue weighted by molar-refractivity contribution is 0.222. The molecule has 0 saturated carbocycles. The molecule has 0 bridgehead atoms. The van der Waals surface area contributed by atoms with Crippen molar-refractivity contribution in [1.29, 1.82) is 0 Å². The molecule has 0 aliphatic carbocycles. The quantitative estimate of drug-likeness (QED) is 0.708. The van der Waals surface area contributed by atoms with Gasteiger partial charge in [0.1, 0.15) is 11.5 Å². The van der Waals surface area contributed by atoms with E-state index in [0.29, 0.717) is 25.4 Å². The minimum atomic E-state index is 0.143. The molecule has 3 aromatic rings. The first-order valence-electron chi connectivity index (χ1n) is 8.17. The first-order valence-corrected chi connectivity index (χ1v) is 8.17. The van der Waals surface area contributed by atoms with E-state index in [9.17, 15) is 5.11 Å². The SMILES string of the molecule is COc1cc(CN(Cc2ccccn2)Cc2ccc(C)o2)ccc1O. The van der Waals surface area contributed by atoms with Gasteiger partial charge in [0.2, 0.25) is 0 Å². The van der Waals surface area contributed by atoms with Crippen LogP contribution >= 0.6 is 0 Å². The molecule has 5 heteroatoms. The van der Waals surface area contributed by atoms with Crippen LogP contribution in [0.25, 0.3) is 0 Å². The van der Waals surface area contributed by atoms with Gasteiger partial charge in [-0.05, 0) is 48.9 Å². The predicted molar refractivity (Wildman–Crippen MR) is 95.3 cm³/mol. The van der Waals surface area contributed by atoms with E-state index in [2.05, 4.69) is 9.88 Å². The second-order valence-corrected chi connectivity index (χ2v) is 5.98. The fourth-order valence-electron chi connectivity index (χ4n) is 2.76. The number of rotatable bonds is 7. The van der Waals surface area contributed by atoms with Crippen molar-refractivity contribution >= 4 is 0 Å². The van der Waals surface area contributed by atoms with Gasteiger partial charge in [-0.15, -0.1) is 0 Å². The number of nitrogens with zero attached hydrogens (tertiary/aromatic N) is 2. The van der Waals surface area contributed by atoms with Gasteiger partial charge in [0.15, 0.2) is 11.5 Å². The molecule has 0 amide bonds. The molecule has 0 atom stereocenters. The van der Waals surface area contributed by atoms with Gasteiger partial charge in [0.25, 0.3) is 0 Å². The highest BCUT2D eigenvalue weighted by atomic mass is 16.5. The third kappa shape index (κ3) is 4.61. The van der Waals surface area contributed by atoms with Crippen LogP contribution in [0.5, 0.6) is 11.5 Å². The molecule has 25 heavy (non-hydrogen) atoms. The summed E-state index contributed by atoms with van der Waals surface area (Å²) in [4.78, 5) is 6.66. The van der Waals surface area contributed by atoms with Crippen molar-refractivity contribution in [3.63, 3.8) is 0 Å². The van der Waals surface area contributed by atoms with Crippen LogP contribution < -0.4 is 4.74 Å². The fraction of sp³-hybridized carbons (Fsp3) is 0.250. The molecule has 0 unspecified atom stereocenters. The Balaban J connectivity index is 1.80. The van der Waals surface area contributed by atoms with E-state index in [1.54, 1.807) is 19.4 Å².